The van der Waals surface area contributed by atoms with E-state index >= 15 is 0 Å². The van der Waals surface area contributed by atoms with E-state index in [0.717, 1.165) is 16.7 Å². The van der Waals surface area contributed by atoms with Crippen molar-refractivity contribution in [3.8, 4) is 5.75 Å². The van der Waals surface area contributed by atoms with Crippen molar-refractivity contribution in [3.05, 3.63) is 70.9 Å². The molecule has 1 aromatic heterocycles. The van der Waals surface area contributed by atoms with Crippen LogP contribution in [0.1, 0.15) is 22.8 Å². The molecule has 6 heteroatoms. The molecular formula is C19H16ClN3O2. The molecule has 0 atom stereocenters. The van der Waals surface area contributed by atoms with Gasteiger partial charge in [0.2, 0.25) is 0 Å². The van der Waals surface area contributed by atoms with Gasteiger partial charge in [0.15, 0.2) is 0 Å². The summed E-state index contributed by atoms with van der Waals surface area (Å²) in [5, 5.41) is 5.25. The lowest BCUT2D eigenvalue weighted by molar-refractivity contribution is 0.0955. The van der Waals surface area contributed by atoms with E-state index in [4.69, 9.17) is 16.3 Å². The number of ether oxygens (including phenoxy) is 1. The van der Waals surface area contributed by atoms with Crippen LogP contribution in [0.3, 0.4) is 0 Å². The molecule has 25 heavy (non-hydrogen) atoms. The van der Waals surface area contributed by atoms with Crippen molar-refractivity contribution in [3.63, 3.8) is 0 Å². The van der Waals surface area contributed by atoms with E-state index in [1.807, 2.05) is 37.3 Å². The number of pyridine rings is 1. The summed E-state index contributed by atoms with van der Waals surface area (Å²) < 4.78 is 5.34. The topological polar surface area (TPSA) is 63.6 Å². The molecule has 126 valence electrons. The lowest BCUT2D eigenvalue weighted by Gasteiger charge is -2.04. The van der Waals surface area contributed by atoms with E-state index in [2.05, 4.69) is 15.5 Å². The second kappa shape index (κ2) is 7.77. The van der Waals surface area contributed by atoms with Crippen molar-refractivity contribution in [1.29, 1.82) is 0 Å². The van der Waals surface area contributed by atoms with Gasteiger partial charge in [-0.3, -0.25) is 4.79 Å². The average molecular weight is 354 g/mol. The summed E-state index contributed by atoms with van der Waals surface area (Å²) >= 11 is 6.15. The molecule has 1 heterocycles. The van der Waals surface area contributed by atoms with Crippen LogP contribution in [0.4, 0.5) is 0 Å². The third-order valence-corrected chi connectivity index (χ3v) is 3.80. The molecule has 1 N–H and O–H groups in total. The fourth-order valence-corrected chi connectivity index (χ4v) is 2.49. The van der Waals surface area contributed by atoms with Gasteiger partial charge in [0, 0.05) is 16.5 Å². The Labute approximate surface area is 150 Å². The quantitative estimate of drug-likeness (QED) is 0.427. The van der Waals surface area contributed by atoms with Crippen LogP contribution in [0.25, 0.3) is 10.9 Å². The molecule has 0 unspecified atom stereocenters. The predicted molar refractivity (Wildman–Crippen MR) is 99.4 cm³/mol. The van der Waals surface area contributed by atoms with Gasteiger partial charge >= 0.3 is 0 Å². The highest BCUT2D eigenvalue weighted by Gasteiger charge is 2.05. The zero-order chi connectivity index (χ0) is 17.6. The molecule has 1 amide bonds. The third kappa shape index (κ3) is 4.14. The highest BCUT2D eigenvalue weighted by Crippen LogP contribution is 2.19. The molecule has 3 aromatic rings. The number of benzene rings is 2. The van der Waals surface area contributed by atoms with Gasteiger partial charge in [0.05, 0.1) is 18.3 Å². The smallest absolute Gasteiger partial charge is 0.271 e. The maximum atomic E-state index is 12.1. The van der Waals surface area contributed by atoms with Gasteiger partial charge < -0.3 is 4.74 Å². The molecular weight excluding hydrogens is 338 g/mol. The molecule has 2 aromatic carbocycles. The summed E-state index contributed by atoms with van der Waals surface area (Å²) in [4.78, 5) is 16.4. The predicted octanol–water partition coefficient (Wildman–Crippen LogP) is 4.05. The summed E-state index contributed by atoms with van der Waals surface area (Å²) in [5.74, 6) is 0.403. The van der Waals surface area contributed by atoms with Crippen LogP contribution in [-0.2, 0) is 0 Å². The highest BCUT2D eigenvalue weighted by atomic mass is 35.5. The van der Waals surface area contributed by atoms with E-state index in [0.29, 0.717) is 22.9 Å². The number of halogens is 1. The molecule has 3 rings (SSSR count). The number of hydrazone groups is 1. The van der Waals surface area contributed by atoms with E-state index < -0.39 is 0 Å². The van der Waals surface area contributed by atoms with Gasteiger partial charge in [-0.15, -0.1) is 0 Å². The second-order valence-corrected chi connectivity index (χ2v) is 5.58. The second-order valence-electron chi connectivity index (χ2n) is 5.22. The van der Waals surface area contributed by atoms with Gasteiger partial charge in [-0.25, -0.2) is 10.4 Å². The molecule has 0 aliphatic rings. The number of carbonyl (C=O) groups is 1. The van der Waals surface area contributed by atoms with Crippen molar-refractivity contribution in [2.75, 3.05) is 6.61 Å². The third-order valence-electron chi connectivity index (χ3n) is 3.50. The van der Waals surface area contributed by atoms with Crippen molar-refractivity contribution in [1.82, 2.24) is 10.4 Å². The van der Waals surface area contributed by atoms with Crippen LogP contribution in [0.15, 0.2) is 59.7 Å². The lowest BCUT2D eigenvalue weighted by atomic mass is 10.2. The first kappa shape index (κ1) is 16.9. The average Bonchev–Trinajstić information content (AvgIpc) is 2.63. The number of para-hydroxylation sites is 1. The Kier molecular flexibility index (Phi) is 5.26. The van der Waals surface area contributed by atoms with Crippen LogP contribution >= 0.6 is 11.6 Å². The molecule has 0 saturated carbocycles. The molecule has 0 spiro atoms. The summed E-state index contributed by atoms with van der Waals surface area (Å²) in [6.07, 6.45) is 1.48. The minimum Gasteiger partial charge on any atom is -0.494 e. The summed E-state index contributed by atoms with van der Waals surface area (Å²) in [5.41, 5.74) is 4.41. The molecule has 0 fully saturated rings. The normalized spacial score (nSPS) is 11.0. The number of aromatic nitrogens is 1. The standard InChI is InChI=1S/C19H16ClN3O2/c1-2-25-16-9-7-13(8-10-16)19(24)23-21-12-15-11-14-5-3-4-6-17(14)22-18(15)20/h3-12H,2H2,1H3,(H,23,24). The Morgan fingerprint density at radius 3 is 2.76 bits per heavy atom. The van der Waals surface area contributed by atoms with Gasteiger partial charge in [-0.2, -0.15) is 5.10 Å². The number of rotatable bonds is 5. The first-order chi connectivity index (χ1) is 12.2. The molecule has 0 radical (unpaired) electrons. The number of hydrogen-bond donors (Lipinski definition) is 1. The largest absolute Gasteiger partial charge is 0.494 e. The number of carbonyl (C=O) groups excluding carboxylic acids is 1. The van der Waals surface area contributed by atoms with E-state index in [9.17, 15) is 4.79 Å². The number of amides is 1. The number of nitrogens with zero attached hydrogens (tertiary/aromatic N) is 2. The van der Waals surface area contributed by atoms with Crippen LogP contribution in [0, 0.1) is 0 Å². The van der Waals surface area contributed by atoms with E-state index in [1.54, 1.807) is 24.3 Å². The zero-order valence-corrected chi connectivity index (χ0v) is 14.3. The van der Waals surface area contributed by atoms with Gasteiger partial charge in [-0.05, 0) is 43.3 Å². The van der Waals surface area contributed by atoms with Crippen LogP contribution in [0.5, 0.6) is 5.75 Å². The van der Waals surface area contributed by atoms with Gasteiger partial charge in [0.25, 0.3) is 5.91 Å². The maximum absolute atomic E-state index is 12.1. The fraction of sp³-hybridized carbons (Fsp3) is 0.105. The molecule has 0 aliphatic carbocycles. The van der Waals surface area contributed by atoms with Crippen molar-refractivity contribution in [2.24, 2.45) is 5.10 Å². The summed E-state index contributed by atoms with van der Waals surface area (Å²) in [7, 11) is 0. The zero-order valence-electron chi connectivity index (χ0n) is 13.6. The molecule has 0 bridgehead atoms. The highest BCUT2D eigenvalue weighted by molar-refractivity contribution is 6.32. The number of nitrogens with one attached hydrogen (secondary N) is 1. The van der Waals surface area contributed by atoms with Crippen molar-refractivity contribution >= 4 is 34.6 Å². The van der Waals surface area contributed by atoms with Crippen LogP contribution in [-0.4, -0.2) is 23.7 Å². The lowest BCUT2D eigenvalue weighted by Crippen LogP contribution is -2.17. The Balaban J connectivity index is 1.70. The fourth-order valence-electron chi connectivity index (χ4n) is 2.29. The summed E-state index contributed by atoms with van der Waals surface area (Å²) in [6.45, 7) is 2.48. The Morgan fingerprint density at radius 1 is 1.24 bits per heavy atom. The monoisotopic (exact) mass is 353 g/mol. The molecule has 0 saturated heterocycles. The number of fused-ring (bicyclic) bond motifs is 1. The minimum atomic E-state index is -0.316. The van der Waals surface area contributed by atoms with Crippen LogP contribution in [0.2, 0.25) is 5.15 Å². The van der Waals surface area contributed by atoms with E-state index in [1.165, 1.54) is 6.21 Å². The van der Waals surface area contributed by atoms with Crippen molar-refractivity contribution < 1.29 is 9.53 Å². The summed E-state index contributed by atoms with van der Waals surface area (Å²) in [6, 6.07) is 16.4. The van der Waals surface area contributed by atoms with E-state index in [-0.39, 0.29) is 5.91 Å². The van der Waals surface area contributed by atoms with Gasteiger partial charge in [-0.1, -0.05) is 29.8 Å². The first-order valence-corrected chi connectivity index (χ1v) is 8.16. The Bertz CT molecular complexity index is 924. The van der Waals surface area contributed by atoms with Crippen LogP contribution < -0.4 is 10.2 Å². The van der Waals surface area contributed by atoms with Gasteiger partial charge in [0.1, 0.15) is 10.9 Å². The Hall–Kier alpha value is -2.92. The maximum Gasteiger partial charge on any atom is 0.271 e. The van der Waals surface area contributed by atoms with Crippen molar-refractivity contribution in [2.45, 2.75) is 6.92 Å². The molecule has 0 aliphatic heterocycles. The molecule has 5 nitrogen and oxygen atoms in total. The SMILES string of the molecule is CCOc1ccc(C(=O)NN=Cc2cc3ccccc3nc2Cl)cc1. The minimum absolute atomic E-state index is 0.316. The number of hydrogen-bond acceptors (Lipinski definition) is 4. The first-order valence-electron chi connectivity index (χ1n) is 7.79. The Morgan fingerprint density at radius 2 is 2.00 bits per heavy atom.